The zero-order chi connectivity index (χ0) is 11.4. The standard InChI is InChI=1S/C9H12N4O3/c14-9(15)7-8(11-2-1-10-7)12-13-3-5-16-6-4-13/h1-2H,3-6H2,(H,11,12)(H,14,15). The number of hydrogen-bond acceptors (Lipinski definition) is 6. The number of nitrogens with one attached hydrogen (secondary N) is 1. The van der Waals surface area contributed by atoms with E-state index < -0.39 is 5.97 Å². The number of aromatic carboxylic acids is 1. The van der Waals surface area contributed by atoms with Crippen molar-refractivity contribution in [2.75, 3.05) is 31.7 Å². The van der Waals surface area contributed by atoms with Crippen molar-refractivity contribution in [1.29, 1.82) is 0 Å². The quantitative estimate of drug-likeness (QED) is 0.737. The first-order valence-corrected chi connectivity index (χ1v) is 4.91. The van der Waals surface area contributed by atoms with Crippen molar-refractivity contribution in [2.45, 2.75) is 0 Å². The van der Waals surface area contributed by atoms with Crippen LogP contribution in [0.3, 0.4) is 0 Å². The highest BCUT2D eigenvalue weighted by molar-refractivity contribution is 5.90. The number of ether oxygens (including phenoxy) is 1. The first-order chi connectivity index (χ1) is 7.77. The van der Waals surface area contributed by atoms with E-state index in [4.69, 9.17) is 9.84 Å². The summed E-state index contributed by atoms with van der Waals surface area (Å²) in [5, 5.41) is 10.8. The van der Waals surface area contributed by atoms with Crippen LogP contribution in [-0.4, -0.2) is 52.4 Å². The van der Waals surface area contributed by atoms with E-state index in [9.17, 15) is 4.79 Å². The Hall–Kier alpha value is -1.73. The van der Waals surface area contributed by atoms with Crippen LogP contribution in [-0.2, 0) is 4.74 Å². The van der Waals surface area contributed by atoms with Crippen molar-refractivity contribution >= 4 is 11.8 Å². The SMILES string of the molecule is O=C(O)c1nccnc1NN1CCOCC1. The normalized spacial score (nSPS) is 17.0. The molecular weight excluding hydrogens is 212 g/mol. The molecular formula is C9H12N4O3. The summed E-state index contributed by atoms with van der Waals surface area (Å²) in [5.74, 6) is -0.833. The Morgan fingerprint density at radius 2 is 2.06 bits per heavy atom. The van der Waals surface area contributed by atoms with Crippen LogP contribution in [0.4, 0.5) is 5.82 Å². The summed E-state index contributed by atoms with van der Waals surface area (Å²) in [4.78, 5) is 18.6. The lowest BCUT2D eigenvalue weighted by Crippen LogP contribution is -2.40. The molecule has 2 N–H and O–H groups in total. The number of carboxylic acid groups (broad SMARTS) is 1. The van der Waals surface area contributed by atoms with E-state index in [1.807, 2.05) is 5.01 Å². The Morgan fingerprint density at radius 1 is 1.38 bits per heavy atom. The molecule has 7 heteroatoms. The Morgan fingerprint density at radius 3 is 2.75 bits per heavy atom. The molecule has 1 aliphatic heterocycles. The maximum absolute atomic E-state index is 10.9. The highest BCUT2D eigenvalue weighted by Crippen LogP contribution is 2.10. The predicted octanol–water partition coefficient (Wildman–Crippen LogP) is -0.166. The van der Waals surface area contributed by atoms with Gasteiger partial charge < -0.3 is 15.3 Å². The average Bonchev–Trinajstić information content (AvgIpc) is 2.31. The zero-order valence-corrected chi connectivity index (χ0v) is 8.59. The minimum atomic E-state index is -1.09. The van der Waals surface area contributed by atoms with E-state index in [0.29, 0.717) is 26.3 Å². The molecule has 2 heterocycles. The van der Waals surface area contributed by atoms with Gasteiger partial charge in [-0.15, -0.1) is 0 Å². The third-order valence-electron chi connectivity index (χ3n) is 2.18. The van der Waals surface area contributed by atoms with E-state index in [2.05, 4.69) is 15.4 Å². The molecule has 1 aromatic heterocycles. The van der Waals surface area contributed by atoms with Gasteiger partial charge in [0.2, 0.25) is 0 Å². The molecule has 0 spiro atoms. The minimum Gasteiger partial charge on any atom is -0.476 e. The Kier molecular flexibility index (Phi) is 3.28. The fourth-order valence-electron chi connectivity index (χ4n) is 1.40. The number of carboxylic acids is 1. The van der Waals surface area contributed by atoms with Crippen molar-refractivity contribution in [2.24, 2.45) is 0 Å². The van der Waals surface area contributed by atoms with Crippen molar-refractivity contribution in [3.63, 3.8) is 0 Å². The fourth-order valence-corrected chi connectivity index (χ4v) is 1.40. The summed E-state index contributed by atoms with van der Waals surface area (Å²) >= 11 is 0. The lowest BCUT2D eigenvalue weighted by Gasteiger charge is -2.27. The second-order valence-electron chi connectivity index (χ2n) is 3.27. The summed E-state index contributed by atoms with van der Waals surface area (Å²) in [6.45, 7) is 2.62. The van der Waals surface area contributed by atoms with E-state index >= 15 is 0 Å². The summed E-state index contributed by atoms with van der Waals surface area (Å²) in [6.07, 6.45) is 2.81. The van der Waals surface area contributed by atoms with E-state index in [1.54, 1.807) is 0 Å². The van der Waals surface area contributed by atoms with Crippen molar-refractivity contribution < 1.29 is 14.6 Å². The molecule has 0 atom stereocenters. The zero-order valence-electron chi connectivity index (χ0n) is 8.59. The van der Waals surface area contributed by atoms with Gasteiger partial charge in [-0.3, -0.25) is 0 Å². The van der Waals surface area contributed by atoms with Crippen LogP contribution in [0.1, 0.15) is 10.5 Å². The Labute approximate surface area is 92.0 Å². The molecule has 1 fully saturated rings. The smallest absolute Gasteiger partial charge is 0.358 e. The topological polar surface area (TPSA) is 87.6 Å². The highest BCUT2D eigenvalue weighted by atomic mass is 16.5. The van der Waals surface area contributed by atoms with Crippen LogP contribution in [0.15, 0.2) is 12.4 Å². The molecule has 86 valence electrons. The van der Waals surface area contributed by atoms with E-state index in [-0.39, 0.29) is 11.5 Å². The number of rotatable bonds is 3. The average molecular weight is 224 g/mol. The number of hydrogen-bond donors (Lipinski definition) is 2. The minimum absolute atomic E-state index is 0.0750. The van der Waals surface area contributed by atoms with Gasteiger partial charge >= 0.3 is 5.97 Å². The fraction of sp³-hybridized carbons (Fsp3) is 0.444. The largest absolute Gasteiger partial charge is 0.476 e. The van der Waals surface area contributed by atoms with Gasteiger partial charge in [-0.1, -0.05) is 0 Å². The number of hydrazine groups is 1. The van der Waals surface area contributed by atoms with Gasteiger partial charge in [0.05, 0.1) is 13.2 Å². The van der Waals surface area contributed by atoms with Crippen LogP contribution >= 0.6 is 0 Å². The maximum atomic E-state index is 10.9. The predicted molar refractivity (Wildman–Crippen MR) is 55.0 cm³/mol. The van der Waals surface area contributed by atoms with Gasteiger partial charge in [-0.25, -0.2) is 19.8 Å². The molecule has 0 unspecified atom stereocenters. The first-order valence-electron chi connectivity index (χ1n) is 4.91. The molecule has 0 bridgehead atoms. The van der Waals surface area contributed by atoms with Crippen molar-refractivity contribution in [3.05, 3.63) is 18.1 Å². The monoisotopic (exact) mass is 224 g/mol. The molecule has 2 rings (SSSR count). The molecule has 1 aliphatic rings. The van der Waals surface area contributed by atoms with Gasteiger partial charge in [-0.2, -0.15) is 0 Å². The van der Waals surface area contributed by atoms with Gasteiger partial charge in [0.25, 0.3) is 0 Å². The van der Waals surface area contributed by atoms with Crippen LogP contribution in [0.25, 0.3) is 0 Å². The van der Waals surface area contributed by atoms with Crippen LogP contribution < -0.4 is 5.43 Å². The van der Waals surface area contributed by atoms with Gasteiger partial charge in [0.15, 0.2) is 11.5 Å². The van der Waals surface area contributed by atoms with E-state index in [1.165, 1.54) is 12.4 Å². The second-order valence-corrected chi connectivity index (χ2v) is 3.27. The molecule has 0 amide bonds. The summed E-state index contributed by atoms with van der Waals surface area (Å²) in [5.41, 5.74) is 2.85. The first kappa shape index (κ1) is 10.8. The van der Waals surface area contributed by atoms with Gasteiger partial charge in [0.1, 0.15) is 0 Å². The van der Waals surface area contributed by atoms with Crippen molar-refractivity contribution in [1.82, 2.24) is 15.0 Å². The number of carbonyl (C=O) groups is 1. The number of anilines is 1. The number of morpholine rings is 1. The molecule has 1 aromatic rings. The maximum Gasteiger partial charge on any atom is 0.358 e. The summed E-state index contributed by atoms with van der Waals surface area (Å²) in [7, 11) is 0. The lowest BCUT2D eigenvalue weighted by molar-refractivity contribution is 0.0492. The van der Waals surface area contributed by atoms with Crippen LogP contribution in [0.5, 0.6) is 0 Å². The molecule has 0 aromatic carbocycles. The highest BCUT2D eigenvalue weighted by Gasteiger charge is 2.16. The van der Waals surface area contributed by atoms with Gasteiger partial charge in [-0.05, 0) is 0 Å². The molecule has 0 saturated carbocycles. The van der Waals surface area contributed by atoms with E-state index in [0.717, 1.165) is 0 Å². The van der Waals surface area contributed by atoms with Crippen LogP contribution in [0.2, 0.25) is 0 Å². The summed E-state index contributed by atoms with van der Waals surface area (Å²) < 4.78 is 5.18. The van der Waals surface area contributed by atoms with Crippen LogP contribution in [0, 0.1) is 0 Å². The molecule has 7 nitrogen and oxygen atoms in total. The Balaban J connectivity index is 2.10. The van der Waals surface area contributed by atoms with Crippen molar-refractivity contribution in [3.8, 4) is 0 Å². The number of aromatic nitrogens is 2. The number of nitrogens with zero attached hydrogens (tertiary/aromatic N) is 3. The second kappa shape index (κ2) is 4.86. The third kappa shape index (κ3) is 2.44. The molecule has 16 heavy (non-hydrogen) atoms. The molecule has 0 radical (unpaired) electrons. The third-order valence-corrected chi connectivity index (χ3v) is 2.18. The summed E-state index contributed by atoms with van der Waals surface area (Å²) in [6, 6.07) is 0. The Bertz CT molecular complexity index is 379. The lowest BCUT2D eigenvalue weighted by atomic mass is 10.4. The van der Waals surface area contributed by atoms with Gasteiger partial charge in [0, 0.05) is 25.5 Å². The molecule has 0 aliphatic carbocycles. The molecule has 1 saturated heterocycles.